The van der Waals surface area contributed by atoms with Gasteiger partial charge < -0.3 is 20.0 Å². The second kappa shape index (κ2) is 6.07. The summed E-state index contributed by atoms with van der Waals surface area (Å²) < 4.78 is 10.7. The van der Waals surface area contributed by atoms with Gasteiger partial charge in [-0.1, -0.05) is 0 Å². The first kappa shape index (κ1) is 10.6. The van der Waals surface area contributed by atoms with Gasteiger partial charge in [-0.2, -0.15) is 0 Å². The molecule has 0 spiro atoms. The molecule has 1 saturated heterocycles. The molecule has 2 N–H and O–H groups in total. The lowest BCUT2D eigenvalue weighted by Gasteiger charge is -2.22. The summed E-state index contributed by atoms with van der Waals surface area (Å²) in [4.78, 5) is 10.2. The van der Waals surface area contributed by atoms with Gasteiger partial charge in [0.1, 0.15) is 6.29 Å². The molecule has 0 bridgehead atoms. The number of nitrogens with two attached hydrogens (primary N) is 1. The van der Waals surface area contributed by atoms with Crippen LogP contribution in [0.4, 0.5) is 0 Å². The van der Waals surface area contributed by atoms with E-state index in [-0.39, 0.29) is 6.29 Å². The average molecular weight is 187 g/mol. The second-order valence-corrected chi connectivity index (χ2v) is 3.26. The zero-order valence-electron chi connectivity index (χ0n) is 7.78. The summed E-state index contributed by atoms with van der Waals surface area (Å²) in [6.07, 6.45) is 4.47. The molecule has 2 unspecified atom stereocenters. The summed E-state index contributed by atoms with van der Waals surface area (Å²) in [5.41, 5.74) is 5.40. The summed E-state index contributed by atoms with van der Waals surface area (Å²) in [7, 11) is 0. The molecule has 1 rings (SSSR count). The highest BCUT2D eigenvalue weighted by Crippen LogP contribution is 2.13. The molecule has 1 fully saturated rings. The predicted molar refractivity (Wildman–Crippen MR) is 48.2 cm³/mol. The van der Waals surface area contributed by atoms with E-state index >= 15 is 0 Å². The number of rotatable bonds is 5. The van der Waals surface area contributed by atoms with Crippen LogP contribution in [0.15, 0.2) is 0 Å². The standard InChI is InChI=1S/C9H17NO3/c10-8(7-11)4-6-13-9-3-1-2-5-12-9/h7-9H,1-6,10H2. The van der Waals surface area contributed by atoms with Crippen molar-refractivity contribution < 1.29 is 14.3 Å². The van der Waals surface area contributed by atoms with Crippen molar-refractivity contribution in [1.82, 2.24) is 0 Å². The summed E-state index contributed by atoms with van der Waals surface area (Å²) in [5.74, 6) is 0. The molecule has 1 aliphatic rings. The van der Waals surface area contributed by atoms with E-state index in [1.165, 1.54) is 0 Å². The third-order valence-corrected chi connectivity index (χ3v) is 2.07. The largest absolute Gasteiger partial charge is 0.353 e. The van der Waals surface area contributed by atoms with Gasteiger partial charge in [0.15, 0.2) is 6.29 Å². The molecule has 2 atom stereocenters. The van der Waals surface area contributed by atoms with Gasteiger partial charge in [-0.05, 0) is 25.7 Å². The SMILES string of the molecule is NC(C=O)CCOC1CCCCO1. The Morgan fingerprint density at radius 3 is 3.08 bits per heavy atom. The van der Waals surface area contributed by atoms with E-state index in [0.717, 1.165) is 32.2 Å². The third-order valence-electron chi connectivity index (χ3n) is 2.07. The summed E-state index contributed by atoms with van der Waals surface area (Å²) in [6, 6.07) is -0.399. The lowest BCUT2D eigenvalue weighted by Crippen LogP contribution is -2.27. The smallest absolute Gasteiger partial charge is 0.157 e. The monoisotopic (exact) mass is 187 g/mol. The Bertz CT molecular complexity index is 146. The van der Waals surface area contributed by atoms with E-state index in [1.807, 2.05) is 0 Å². The third kappa shape index (κ3) is 4.36. The van der Waals surface area contributed by atoms with Crippen LogP contribution in [0.5, 0.6) is 0 Å². The maximum atomic E-state index is 10.2. The topological polar surface area (TPSA) is 61.6 Å². The first-order valence-electron chi connectivity index (χ1n) is 4.77. The Balaban J connectivity index is 2.01. The van der Waals surface area contributed by atoms with Gasteiger partial charge in [0.25, 0.3) is 0 Å². The van der Waals surface area contributed by atoms with Crippen LogP contribution in [0.25, 0.3) is 0 Å². The highest BCUT2D eigenvalue weighted by molar-refractivity contribution is 5.56. The lowest BCUT2D eigenvalue weighted by molar-refractivity contribution is -0.163. The molecule has 0 aliphatic carbocycles. The molecular weight excluding hydrogens is 170 g/mol. The molecule has 0 aromatic heterocycles. The van der Waals surface area contributed by atoms with Gasteiger partial charge >= 0.3 is 0 Å². The first-order valence-corrected chi connectivity index (χ1v) is 4.77. The Kier molecular flexibility index (Phi) is 4.97. The van der Waals surface area contributed by atoms with Crippen molar-refractivity contribution in [2.75, 3.05) is 13.2 Å². The number of aldehydes is 1. The number of carbonyl (C=O) groups excluding carboxylic acids is 1. The molecule has 0 aromatic rings. The molecule has 4 nitrogen and oxygen atoms in total. The van der Waals surface area contributed by atoms with Crippen LogP contribution in [-0.2, 0) is 14.3 Å². The average Bonchev–Trinajstić information content (AvgIpc) is 2.19. The van der Waals surface area contributed by atoms with Crippen molar-refractivity contribution in [2.24, 2.45) is 5.73 Å². The van der Waals surface area contributed by atoms with Crippen LogP contribution >= 0.6 is 0 Å². The van der Waals surface area contributed by atoms with Crippen molar-refractivity contribution >= 4 is 6.29 Å². The Labute approximate surface area is 78.4 Å². The molecule has 1 heterocycles. The number of ether oxygens (including phenoxy) is 2. The molecule has 0 saturated carbocycles. The molecule has 4 heteroatoms. The van der Waals surface area contributed by atoms with Crippen LogP contribution in [-0.4, -0.2) is 31.8 Å². The minimum absolute atomic E-state index is 0.0763. The van der Waals surface area contributed by atoms with E-state index in [9.17, 15) is 4.79 Å². The molecule has 0 radical (unpaired) electrons. The van der Waals surface area contributed by atoms with Crippen molar-refractivity contribution in [3.8, 4) is 0 Å². The van der Waals surface area contributed by atoms with E-state index < -0.39 is 6.04 Å². The van der Waals surface area contributed by atoms with E-state index in [4.69, 9.17) is 15.2 Å². The van der Waals surface area contributed by atoms with E-state index in [2.05, 4.69) is 0 Å². The lowest BCUT2D eigenvalue weighted by atomic mass is 10.2. The fourth-order valence-electron chi connectivity index (χ4n) is 1.25. The molecule has 0 aromatic carbocycles. The second-order valence-electron chi connectivity index (χ2n) is 3.26. The molecule has 76 valence electrons. The van der Waals surface area contributed by atoms with Crippen LogP contribution in [0.1, 0.15) is 25.7 Å². The van der Waals surface area contributed by atoms with Crippen molar-refractivity contribution in [1.29, 1.82) is 0 Å². The predicted octanol–water partition coefficient (Wildman–Crippen LogP) is 0.446. The van der Waals surface area contributed by atoms with Crippen LogP contribution < -0.4 is 5.73 Å². The summed E-state index contributed by atoms with van der Waals surface area (Å²) in [6.45, 7) is 1.29. The maximum absolute atomic E-state index is 10.2. The molecular formula is C9H17NO3. The first-order chi connectivity index (χ1) is 6.33. The van der Waals surface area contributed by atoms with Crippen molar-refractivity contribution in [3.63, 3.8) is 0 Å². The quantitative estimate of drug-likeness (QED) is 0.635. The fourth-order valence-corrected chi connectivity index (χ4v) is 1.25. The summed E-state index contributed by atoms with van der Waals surface area (Å²) >= 11 is 0. The van der Waals surface area contributed by atoms with Gasteiger partial charge in [-0.25, -0.2) is 0 Å². The molecule has 13 heavy (non-hydrogen) atoms. The number of hydrogen-bond donors (Lipinski definition) is 1. The van der Waals surface area contributed by atoms with Gasteiger partial charge in [0.05, 0.1) is 12.6 Å². The van der Waals surface area contributed by atoms with Crippen LogP contribution in [0.2, 0.25) is 0 Å². The van der Waals surface area contributed by atoms with Gasteiger partial charge in [-0.3, -0.25) is 0 Å². The van der Waals surface area contributed by atoms with E-state index in [1.54, 1.807) is 0 Å². The zero-order valence-corrected chi connectivity index (χ0v) is 7.78. The normalized spacial score (nSPS) is 25.5. The van der Waals surface area contributed by atoms with Crippen molar-refractivity contribution in [3.05, 3.63) is 0 Å². The fraction of sp³-hybridized carbons (Fsp3) is 0.889. The zero-order chi connectivity index (χ0) is 9.52. The van der Waals surface area contributed by atoms with Gasteiger partial charge in [0.2, 0.25) is 0 Å². The minimum atomic E-state index is -0.399. The Morgan fingerprint density at radius 2 is 2.46 bits per heavy atom. The Morgan fingerprint density at radius 1 is 1.62 bits per heavy atom. The van der Waals surface area contributed by atoms with Gasteiger partial charge in [-0.15, -0.1) is 0 Å². The summed E-state index contributed by atoms with van der Waals surface area (Å²) in [5, 5.41) is 0. The molecule has 1 aliphatic heterocycles. The highest BCUT2D eigenvalue weighted by atomic mass is 16.7. The van der Waals surface area contributed by atoms with Gasteiger partial charge in [0, 0.05) is 6.61 Å². The van der Waals surface area contributed by atoms with Crippen LogP contribution in [0.3, 0.4) is 0 Å². The minimum Gasteiger partial charge on any atom is -0.353 e. The number of carbonyl (C=O) groups is 1. The Hall–Kier alpha value is -0.450. The van der Waals surface area contributed by atoms with Crippen LogP contribution in [0, 0.1) is 0 Å². The van der Waals surface area contributed by atoms with E-state index in [0.29, 0.717) is 13.0 Å². The van der Waals surface area contributed by atoms with Crippen molar-refractivity contribution in [2.45, 2.75) is 38.0 Å². The highest BCUT2D eigenvalue weighted by Gasteiger charge is 2.13. The maximum Gasteiger partial charge on any atom is 0.157 e. The number of hydrogen-bond acceptors (Lipinski definition) is 4. The molecule has 0 amide bonds.